The molecule has 4 nitrogen and oxygen atoms in total. The molecular weight excluding hydrogens is 266 g/mol. The molecule has 3 aromatic heterocycles. The Hall–Kier alpha value is -1.53. The van der Waals surface area contributed by atoms with Gasteiger partial charge in [0.2, 0.25) is 5.16 Å². The number of nitrogens with one attached hydrogen (secondary N) is 1. The van der Waals surface area contributed by atoms with Crippen LogP contribution in [-0.4, -0.2) is 15.2 Å². The van der Waals surface area contributed by atoms with E-state index in [1.54, 1.807) is 35.6 Å². The molecule has 92 valence electrons. The Labute approximate surface area is 112 Å². The smallest absolute Gasteiger partial charge is 0.208 e. The molecule has 6 heteroatoms. The minimum atomic E-state index is 0.780. The van der Waals surface area contributed by atoms with E-state index in [-0.39, 0.29) is 0 Å². The predicted molar refractivity (Wildman–Crippen MR) is 71.8 cm³/mol. The van der Waals surface area contributed by atoms with Gasteiger partial charge in [-0.15, -0.1) is 16.4 Å². The number of thioether (sulfide) groups is 1. The quantitative estimate of drug-likeness (QED) is 0.727. The van der Waals surface area contributed by atoms with Crippen LogP contribution in [-0.2, 0) is 12.2 Å². The van der Waals surface area contributed by atoms with Crippen LogP contribution in [0.4, 0.5) is 0 Å². The number of nitrogens with zero attached hydrogens (tertiary/aromatic N) is 2. The van der Waals surface area contributed by atoms with Crippen molar-refractivity contribution in [2.75, 3.05) is 0 Å². The molecule has 0 aromatic carbocycles. The summed E-state index contributed by atoms with van der Waals surface area (Å²) in [6, 6.07) is 6.10. The minimum absolute atomic E-state index is 0.780. The Kier molecular flexibility index (Phi) is 3.47. The Bertz CT molecular complexity index is 587. The topological polar surface area (TPSA) is 54.7 Å². The summed E-state index contributed by atoms with van der Waals surface area (Å²) in [5.41, 5.74) is 1.14. The predicted octanol–water partition coefficient (Wildman–Crippen LogP) is 3.34. The van der Waals surface area contributed by atoms with E-state index in [4.69, 9.17) is 4.42 Å². The number of H-pyrrole nitrogens is 1. The Morgan fingerprint density at radius 2 is 2.39 bits per heavy atom. The summed E-state index contributed by atoms with van der Waals surface area (Å²) in [7, 11) is 0. The molecule has 0 spiro atoms. The van der Waals surface area contributed by atoms with Crippen LogP contribution in [0.5, 0.6) is 0 Å². The summed E-state index contributed by atoms with van der Waals surface area (Å²) in [4.78, 5) is 5.75. The Morgan fingerprint density at radius 1 is 1.39 bits per heavy atom. The minimum Gasteiger partial charge on any atom is -0.472 e. The van der Waals surface area contributed by atoms with Gasteiger partial charge < -0.3 is 4.42 Å². The molecule has 18 heavy (non-hydrogen) atoms. The fraction of sp³-hybridized carbons (Fsp3) is 0.167. The fourth-order valence-electron chi connectivity index (χ4n) is 1.52. The highest BCUT2D eigenvalue weighted by Gasteiger charge is 2.06. The summed E-state index contributed by atoms with van der Waals surface area (Å²) in [5.74, 6) is 1.74. The van der Waals surface area contributed by atoms with Crippen molar-refractivity contribution in [2.24, 2.45) is 0 Å². The van der Waals surface area contributed by atoms with Crippen molar-refractivity contribution in [3.8, 4) is 0 Å². The van der Waals surface area contributed by atoms with Gasteiger partial charge in [-0.2, -0.15) is 0 Å². The number of hydrogen-bond donors (Lipinski definition) is 1. The van der Waals surface area contributed by atoms with Gasteiger partial charge >= 0.3 is 0 Å². The van der Waals surface area contributed by atoms with E-state index in [1.165, 1.54) is 4.88 Å². The van der Waals surface area contributed by atoms with E-state index < -0.39 is 0 Å². The van der Waals surface area contributed by atoms with Crippen molar-refractivity contribution in [1.29, 1.82) is 0 Å². The van der Waals surface area contributed by atoms with Crippen molar-refractivity contribution in [1.82, 2.24) is 15.2 Å². The number of furan rings is 1. The zero-order chi connectivity index (χ0) is 12.2. The maximum atomic E-state index is 5.02. The zero-order valence-electron chi connectivity index (χ0n) is 9.50. The van der Waals surface area contributed by atoms with Gasteiger partial charge in [-0.25, -0.2) is 4.98 Å². The number of aromatic amines is 1. The van der Waals surface area contributed by atoms with E-state index >= 15 is 0 Å². The molecule has 0 aliphatic carbocycles. The average Bonchev–Trinajstić information content (AvgIpc) is 3.09. The monoisotopic (exact) mass is 277 g/mol. The molecule has 0 saturated carbocycles. The van der Waals surface area contributed by atoms with Crippen molar-refractivity contribution in [2.45, 2.75) is 17.3 Å². The first kappa shape index (κ1) is 11.6. The lowest BCUT2D eigenvalue weighted by atomic mass is 10.3. The highest BCUT2D eigenvalue weighted by Crippen LogP contribution is 2.20. The third-order valence-electron chi connectivity index (χ3n) is 2.38. The molecule has 3 aromatic rings. The lowest BCUT2D eigenvalue weighted by molar-refractivity contribution is 0.565. The highest BCUT2D eigenvalue weighted by molar-refractivity contribution is 7.98. The molecule has 0 fully saturated rings. The maximum Gasteiger partial charge on any atom is 0.208 e. The van der Waals surface area contributed by atoms with Crippen LogP contribution in [0.25, 0.3) is 0 Å². The summed E-state index contributed by atoms with van der Waals surface area (Å²) in [6.07, 6.45) is 4.24. The molecule has 0 unspecified atom stereocenters. The second-order valence-electron chi connectivity index (χ2n) is 3.74. The molecule has 3 heterocycles. The van der Waals surface area contributed by atoms with E-state index in [9.17, 15) is 0 Å². The standard InChI is InChI=1S/C12H11N3OS2/c1-2-10(17-5-1)6-11-13-12(15-14-11)18-8-9-3-4-16-7-9/h1-5,7H,6,8H2,(H,13,14,15). The average molecular weight is 277 g/mol. The van der Waals surface area contributed by atoms with Gasteiger partial charge in [0, 0.05) is 22.6 Å². The van der Waals surface area contributed by atoms with Gasteiger partial charge in [0.1, 0.15) is 5.82 Å². The number of thiophene rings is 1. The maximum absolute atomic E-state index is 5.02. The summed E-state index contributed by atoms with van der Waals surface area (Å²) in [5, 5.41) is 10.0. The van der Waals surface area contributed by atoms with Crippen LogP contribution in [0, 0.1) is 0 Å². The van der Waals surface area contributed by atoms with Crippen LogP contribution < -0.4 is 0 Å². The molecule has 0 aliphatic heterocycles. The molecule has 1 N–H and O–H groups in total. The first-order valence-electron chi connectivity index (χ1n) is 5.48. The molecule has 3 rings (SSSR count). The van der Waals surface area contributed by atoms with Crippen molar-refractivity contribution in [3.63, 3.8) is 0 Å². The normalized spacial score (nSPS) is 10.9. The van der Waals surface area contributed by atoms with Crippen LogP contribution >= 0.6 is 23.1 Å². The van der Waals surface area contributed by atoms with Crippen molar-refractivity contribution >= 4 is 23.1 Å². The number of rotatable bonds is 5. The van der Waals surface area contributed by atoms with Gasteiger partial charge in [-0.05, 0) is 17.5 Å². The van der Waals surface area contributed by atoms with Gasteiger partial charge in [0.25, 0.3) is 0 Å². The molecule has 0 radical (unpaired) electrons. The molecule has 0 bridgehead atoms. The Morgan fingerprint density at radius 3 is 3.17 bits per heavy atom. The molecule has 0 amide bonds. The van der Waals surface area contributed by atoms with Gasteiger partial charge in [-0.3, -0.25) is 5.10 Å². The first-order chi connectivity index (χ1) is 8.90. The van der Waals surface area contributed by atoms with Gasteiger partial charge in [0.15, 0.2) is 0 Å². The van der Waals surface area contributed by atoms with Gasteiger partial charge in [-0.1, -0.05) is 17.8 Å². The number of aromatic nitrogens is 3. The van der Waals surface area contributed by atoms with Crippen LogP contribution in [0.2, 0.25) is 0 Å². The van der Waals surface area contributed by atoms with Crippen LogP contribution in [0.1, 0.15) is 16.3 Å². The second kappa shape index (κ2) is 5.41. The largest absolute Gasteiger partial charge is 0.472 e. The van der Waals surface area contributed by atoms with Crippen molar-refractivity contribution in [3.05, 3.63) is 52.4 Å². The van der Waals surface area contributed by atoms with E-state index in [0.717, 1.165) is 28.7 Å². The Balaban J connectivity index is 1.59. The fourth-order valence-corrected chi connectivity index (χ4v) is 2.98. The van der Waals surface area contributed by atoms with E-state index in [2.05, 4.69) is 26.6 Å². The summed E-state index contributed by atoms with van der Waals surface area (Å²) < 4.78 is 5.02. The molecule has 0 atom stereocenters. The summed E-state index contributed by atoms with van der Waals surface area (Å²) in [6.45, 7) is 0. The summed E-state index contributed by atoms with van der Waals surface area (Å²) >= 11 is 3.33. The van der Waals surface area contributed by atoms with E-state index in [0.29, 0.717) is 0 Å². The van der Waals surface area contributed by atoms with Crippen LogP contribution in [0.3, 0.4) is 0 Å². The first-order valence-corrected chi connectivity index (χ1v) is 7.34. The van der Waals surface area contributed by atoms with E-state index in [1.807, 2.05) is 12.1 Å². The highest BCUT2D eigenvalue weighted by atomic mass is 32.2. The third kappa shape index (κ3) is 2.83. The zero-order valence-corrected chi connectivity index (χ0v) is 11.1. The SMILES string of the molecule is c1csc(Cc2nc(SCc3ccoc3)n[nH]2)c1. The lowest BCUT2D eigenvalue weighted by Crippen LogP contribution is -1.87. The van der Waals surface area contributed by atoms with Crippen molar-refractivity contribution < 1.29 is 4.42 Å². The van der Waals surface area contributed by atoms with Crippen LogP contribution in [0.15, 0.2) is 45.7 Å². The lowest BCUT2D eigenvalue weighted by Gasteiger charge is -1.92. The van der Waals surface area contributed by atoms with Gasteiger partial charge in [0.05, 0.1) is 12.5 Å². The molecular formula is C12H11N3OS2. The molecule has 0 aliphatic rings. The second-order valence-corrected chi connectivity index (χ2v) is 5.72. The molecule has 0 saturated heterocycles. The third-order valence-corrected chi connectivity index (χ3v) is 4.18. The number of hydrogen-bond acceptors (Lipinski definition) is 5.